The van der Waals surface area contributed by atoms with Gasteiger partial charge >= 0.3 is 6.09 Å². The van der Waals surface area contributed by atoms with E-state index in [4.69, 9.17) is 4.74 Å². The van der Waals surface area contributed by atoms with Crippen molar-refractivity contribution in [2.24, 2.45) is 0 Å². The number of anilines is 2. The molecule has 2 amide bonds. The highest BCUT2D eigenvalue weighted by atomic mass is 32.1. The lowest BCUT2D eigenvalue weighted by atomic mass is 10.0. The van der Waals surface area contributed by atoms with E-state index in [2.05, 4.69) is 15.3 Å². The smallest absolute Gasteiger partial charge is 0.415 e. The maximum atomic E-state index is 13.1. The number of aliphatic hydroxyl groups excluding tert-OH is 1. The number of Topliss-reactive ketones (excluding diaryl/α,β-unsaturated/α-hetero) is 1. The van der Waals surface area contributed by atoms with Gasteiger partial charge in [-0.3, -0.25) is 14.5 Å². The molecule has 2 N–H and O–H groups in total. The molecule has 0 saturated carbocycles. The fourth-order valence-electron chi connectivity index (χ4n) is 3.13. The molecule has 1 aliphatic rings. The minimum Gasteiger partial charge on any atom is -0.507 e. The first-order valence-electron chi connectivity index (χ1n) is 10.1. The van der Waals surface area contributed by atoms with Crippen molar-refractivity contribution in [2.75, 3.05) is 17.3 Å². The summed E-state index contributed by atoms with van der Waals surface area (Å²) in [5, 5.41) is 13.8. The van der Waals surface area contributed by atoms with E-state index in [1.165, 1.54) is 18.0 Å². The van der Waals surface area contributed by atoms with Gasteiger partial charge in [-0.05, 0) is 52.2 Å². The molecule has 3 rings (SSSR count). The summed E-state index contributed by atoms with van der Waals surface area (Å²) in [7, 11) is 1.54. The van der Waals surface area contributed by atoms with Crippen LogP contribution in [-0.4, -0.2) is 45.5 Å². The Bertz CT molecular complexity index is 1080. The molecule has 32 heavy (non-hydrogen) atoms. The predicted octanol–water partition coefficient (Wildman–Crippen LogP) is 4.36. The van der Waals surface area contributed by atoms with Crippen LogP contribution in [-0.2, 0) is 16.0 Å². The number of aryl methyl sites for hydroxylation is 1. The van der Waals surface area contributed by atoms with Gasteiger partial charge in [-0.25, -0.2) is 14.8 Å². The summed E-state index contributed by atoms with van der Waals surface area (Å²) in [6, 6.07) is 3.17. The lowest BCUT2D eigenvalue weighted by Crippen LogP contribution is -2.34. The zero-order chi connectivity index (χ0) is 23.6. The summed E-state index contributed by atoms with van der Waals surface area (Å²) in [5.74, 6) is -0.379. The monoisotopic (exact) mass is 458 g/mol. The third kappa shape index (κ3) is 5.31. The molecule has 10 heteroatoms. The number of ether oxygens (including phenoxy) is 1. The van der Waals surface area contributed by atoms with Gasteiger partial charge in [0.25, 0.3) is 0 Å². The van der Waals surface area contributed by atoms with E-state index in [1.807, 2.05) is 0 Å². The van der Waals surface area contributed by atoms with Crippen LogP contribution in [0.5, 0.6) is 0 Å². The van der Waals surface area contributed by atoms with Crippen LogP contribution in [0.3, 0.4) is 0 Å². The molecule has 2 aromatic heterocycles. The second kappa shape index (κ2) is 9.07. The van der Waals surface area contributed by atoms with Crippen molar-refractivity contribution in [3.05, 3.63) is 40.0 Å². The Kier molecular flexibility index (Phi) is 6.63. The van der Waals surface area contributed by atoms with Crippen LogP contribution in [0.1, 0.15) is 61.5 Å². The first-order chi connectivity index (χ1) is 15.0. The molecule has 0 unspecified atom stereocenters. The number of rotatable bonds is 3. The fraction of sp³-hybridized carbons (Fsp3) is 0.409. The average Bonchev–Trinajstić information content (AvgIpc) is 3.03. The second-order valence-electron chi connectivity index (χ2n) is 8.43. The number of nitrogens with zero attached hydrogens (tertiary/aromatic N) is 3. The number of amides is 2. The van der Waals surface area contributed by atoms with Crippen LogP contribution in [0.25, 0.3) is 5.76 Å². The minimum atomic E-state index is -0.636. The number of thiazole rings is 1. The van der Waals surface area contributed by atoms with Gasteiger partial charge in [-0.2, -0.15) is 0 Å². The lowest BCUT2D eigenvalue weighted by Gasteiger charge is -2.24. The van der Waals surface area contributed by atoms with Gasteiger partial charge in [0.05, 0.1) is 10.6 Å². The van der Waals surface area contributed by atoms with Gasteiger partial charge in [-0.15, -0.1) is 0 Å². The number of aromatic nitrogens is 2. The molecule has 0 fully saturated rings. The minimum absolute atomic E-state index is 0.156. The highest BCUT2D eigenvalue weighted by Gasteiger charge is 2.28. The molecule has 0 radical (unpaired) electrons. The third-order valence-electron chi connectivity index (χ3n) is 4.62. The molecule has 0 aromatic carbocycles. The molecule has 2 aromatic rings. The van der Waals surface area contributed by atoms with Gasteiger partial charge in [0.2, 0.25) is 11.7 Å². The van der Waals surface area contributed by atoms with E-state index in [-0.39, 0.29) is 23.0 Å². The zero-order valence-electron chi connectivity index (χ0n) is 18.7. The van der Waals surface area contributed by atoms with Crippen LogP contribution in [0.4, 0.5) is 15.7 Å². The van der Waals surface area contributed by atoms with Crippen molar-refractivity contribution in [2.45, 2.75) is 52.6 Å². The Morgan fingerprint density at radius 2 is 1.97 bits per heavy atom. The summed E-state index contributed by atoms with van der Waals surface area (Å²) >= 11 is 1.10. The topological polar surface area (TPSA) is 122 Å². The van der Waals surface area contributed by atoms with E-state index >= 15 is 0 Å². The lowest BCUT2D eigenvalue weighted by molar-refractivity contribution is -0.114. The Morgan fingerprint density at radius 1 is 1.25 bits per heavy atom. The number of hydrogen-bond donors (Lipinski definition) is 2. The van der Waals surface area contributed by atoms with E-state index in [0.717, 1.165) is 11.3 Å². The van der Waals surface area contributed by atoms with E-state index < -0.39 is 11.7 Å². The average molecular weight is 459 g/mol. The Labute approximate surface area is 190 Å². The number of allylic oxidation sites excluding steroid dienone is 1. The first-order valence-corrected chi connectivity index (χ1v) is 10.9. The molecular formula is C22H26N4O5S. The van der Waals surface area contributed by atoms with Gasteiger partial charge in [0.1, 0.15) is 17.2 Å². The molecule has 170 valence electrons. The third-order valence-corrected chi connectivity index (χ3v) is 5.63. The number of nitrogens with one attached hydrogen (secondary N) is 1. The maximum Gasteiger partial charge on any atom is 0.415 e. The predicted molar refractivity (Wildman–Crippen MR) is 122 cm³/mol. The number of fused-ring (bicyclic) bond motifs is 1. The summed E-state index contributed by atoms with van der Waals surface area (Å²) in [6.45, 7) is 6.70. The number of ketones is 1. The summed E-state index contributed by atoms with van der Waals surface area (Å²) in [6.07, 6.45) is 2.46. The van der Waals surface area contributed by atoms with Gasteiger partial charge in [-0.1, -0.05) is 11.3 Å². The first kappa shape index (κ1) is 23.4. The van der Waals surface area contributed by atoms with Crippen LogP contribution >= 0.6 is 11.3 Å². The summed E-state index contributed by atoms with van der Waals surface area (Å²) < 4.78 is 5.33. The van der Waals surface area contributed by atoms with Crippen molar-refractivity contribution >= 4 is 45.8 Å². The zero-order valence-corrected chi connectivity index (χ0v) is 19.5. The van der Waals surface area contributed by atoms with Crippen LogP contribution in [0.2, 0.25) is 0 Å². The van der Waals surface area contributed by atoms with Crippen molar-refractivity contribution in [1.29, 1.82) is 0 Å². The molecule has 0 saturated heterocycles. The van der Waals surface area contributed by atoms with E-state index in [9.17, 15) is 19.5 Å². The highest BCUT2D eigenvalue weighted by molar-refractivity contribution is 7.18. The molecule has 0 atom stereocenters. The van der Waals surface area contributed by atoms with Crippen molar-refractivity contribution < 1.29 is 24.2 Å². The quantitative estimate of drug-likeness (QED) is 0.398. The van der Waals surface area contributed by atoms with Gasteiger partial charge in [0.15, 0.2) is 5.13 Å². The number of aliphatic hydroxyl groups is 1. The van der Waals surface area contributed by atoms with Crippen LogP contribution in [0, 0.1) is 0 Å². The Morgan fingerprint density at radius 3 is 2.56 bits per heavy atom. The highest BCUT2D eigenvalue weighted by Crippen LogP contribution is 2.34. The molecule has 2 heterocycles. The van der Waals surface area contributed by atoms with E-state index in [0.29, 0.717) is 46.3 Å². The molecule has 0 spiro atoms. The fourth-order valence-corrected chi connectivity index (χ4v) is 4.16. The molecule has 1 aliphatic carbocycles. The number of hydrogen-bond acceptors (Lipinski definition) is 8. The summed E-state index contributed by atoms with van der Waals surface area (Å²) in [5.41, 5.74) is 0.629. The molecule has 0 bridgehead atoms. The largest absolute Gasteiger partial charge is 0.507 e. The number of pyridine rings is 1. The Balaban J connectivity index is 1.85. The van der Waals surface area contributed by atoms with Crippen molar-refractivity contribution in [1.82, 2.24) is 9.97 Å². The van der Waals surface area contributed by atoms with Gasteiger partial charge in [0, 0.05) is 31.3 Å². The normalized spacial score (nSPS) is 15.5. The number of carbonyl (C=O) groups excluding carboxylic acids is 3. The summed E-state index contributed by atoms with van der Waals surface area (Å²) in [4.78, 5) is 46.9. The Hall–Kier alpha value is -3.27. The van der Waals surface area contributed by atoms with Crippen molar-refractivity contribution in [3.63, 3.8) is 0 Å². The SMILES string of the molecule is CC(=O)Nc1nc2c(s1)C(=O)C(=C(O)c1ccc(N(C)C(=O)OC(C)(C)C)nc1)CCC2. The van der Waals surface area contributed by atoms with E-state index in [1.54, 1.807) is 40.0 Å². The van der Waals surface area contributed by atoms with Crippen LogP contribution in [0.15, 0.2) is 23.9 Å². The standard InChI is InChI=1S/C22H26N4O5S/c1-12(27)24-20-25-15-8-6-7-14(18(29)19(15)32-20)17(28)13-9-10-16(23-11-13)26(5)21(30)31-22(2,3)4/h9-11,28H,6-8H2,1-5H3,(H,24,25,27). The van der Waals surface area contributed by atoms with Gasteiger partial charge < -0.3 is 15.2 Å². The maximum absolute atomic E-state index is 13.1. The number of carbonyl (C=O) groups is 3. The van der Waals surface area contributed by atoms with Crippen LogP contribution < -0.4 is 10.2 Å². The molecular weight excluding hydrogens is 432 g/mol. The second-order valence-corrected chi connectivity index (χ2v) is 9.43. The molecule has 9 nitrogen and oxygen atoms in total. The van der Waals surface area contributed by atoms with Crippen molar-refractivity contribution in [3.8, 4) is 0 Å². The molecule has 0 aliphatic heterocycles.